The van der Waals surface area contributed by atoms with Gasteiger partial charge < -0.3 is 4.90 Å². The number of rotatable bonds is 4. The van der Waals surface area contributed by atoms with E-state index in [-0.39, 0.29) is 0 Å². The van der Waals surface area contributed by atoms with Crippen LogP contribution in [0.3, 0.4) is 0 Å². The number of hydrogen-bond acceptors (Lipinski definition) is 2. The third-order valence-corrected chi connectivity index (χ3v) is 5.09. The highest BCUT2D eigenvalue weighted by Gasteiger charge is 2.35. The number of amides is 1. The summed E-state index contributed by atoms with van der Waals surface area (Å²) in [5.41, 5.74) is 1.33. The molecule has 1 atom stereocenters. The van der Waals surface area contributed by atoms with Crippen LogP contribution in [0.25, 0.3) is 0 Å². The maximum absolute atomic E-state index is 12.2. The van der Waals surface area contributed by atoms with Gasteiger partial charge >= 0.3 is 0 Å². The molecule has 0 spiro atoms. The van der Waals surface area contributed by atoms with Gasteiger partial charge in [-0.3, -0.25) is 9.69 Å². The molecule has 1 saturated heterocycles. The molecule has 1 amide bonds. The lowest BCUT2D eigenvalue weighted by atomic mass is 10.0. The Morgan fingerprint density at radius 1 is 1.38 bits per heavy atom. The minimum absolute atomic E-state index is 0.329. The molecule has 1 saturated carbocycles. The molecule has 2 fully saturated rings. The average molecular weight is 351 g/mol. The molecule has 3 rings (SSSR count). The molecule has 1 aromatic rings. The second-order valence-electron chi connectivity index (χ2n) is 6.38. The lowest BCUT2D eigenvalue weighted by molar-refractivity contribution is -0.134. The van der Waals surface area contributed by atoms with E-state index in [0.717, 1.165) is 43.4 Å². The molecule has 21 heavy (non-hydrogen) atoms. The third-order valence-electron chi connectivity index (χ3n) is 4.60. The van der Waals surface area contributed by atoms with E-state index in [0.29, 0.717) is 17.9 Å². The number of nitrogens with zero attached hydrogens (tertiary/aromatic N) is 2. The number of piperidine rings is 1. The van der Waals surface area contributed by atoms with Crippen molar-refractivity contribution < 1.29 is 4.79 Å². The smallest absolute Gasteiger partial charge is 0.225 e. The molecule has 0 bridgehead atoms. The molecular formula is C17H23BrN2O. The van der Waals surface area contributed by atoms with Gasteiger partial charge in [0.1, 0.15) is 0 Å². The van der Waals surface area contributed by atoms with Gasteiger partial charge in [-0.1, -0.05) is 28.1 Å². The van der Waals surface area contributed by atoms with Crippen LogP contribution >= 0.6 is 15.9 Å². The van der Waals surface area contributed by atoms with Crippen LogP contribution < -0.4 is 0 Å². The lowest BCUT2D eigenvalue weighted by Crippen LogP contribution is -2.48. The summed E-state index contributed by atoms with van der Waals surface area (Å²) in [5, 5.41) is 0. The first kappa shape index (κ1) is 15.0. The van der Waals surface area contributed by atoms with E-state index >= 15 is 0 Å². The summed E-state index contributed by atoms with van der Waals surface area (Å²) in [4.78, 5) is 16.7. The predicted molar refractivity (Wildman–Crippen MR) is 87.9 cm³/mol. The van der Waals surface area contributed by atoms with Crippen LogP contribution in [0.4, 0.5) is 0 Å². The number of halogens is 1. The van der Waals surface area contributed by atoms with Crippen LogP contribution in [-0.2, 0) is 11.3 Å². The number of benzene rings is 1. The first-order chi connectivity index (χ1) is 10.1. The van der Waals surface area contributed by atoms with Gasteiger partial charge in [0.15, 0.2) is 0 Å². The third kappa shape index (κ3) is 3.86. The van der Waals surface area contributed by atoms with E-state index in [2.05, 4.69) is 45.1 Å². The van der Waals surface area contributed by atoms with E-state index in [9.17, 15) is 4.79 Å². The van der Waals surface area contributed by atoms with Gasteiger partial charge in [-0.15, -0.1) is 0 Å². The first-order valence-corrected chi connectivity index (χ1v) is 8.66. The SMILES string of the molecule is CN(C(=O)C1CC1)C1CCCN(Cc2cccc(Br)c2)C1. The fourth-order valence-corrected chi connectivity index (χ4v) is 3.63. The molecular weight excluding hydrogens is 328 g/mol. The summed E-state index contributed by atoms with van der Waals surface area (Å²) >= 11 is 3.53. The van der Waals surface area contributed by atoms with Crippen molar-refractivity contribution in [2.24, 2.45) is 5.92 Å². The van der Waals surface area contributed by atoms with Crippen LogP contribution in [0.15, 0.2) is 28.7 Å². The first-order valence-electron chi connectivity index (χ1n) is 7.87. The number of likely N-dealkylation sites (N-methyl/N-ethyl adjacent to an activating group) is 1. The van der Waals surface area contributed by atoms with Crippen LogP contribution in [0.2, 0.25) is 0 Å². The van der Waals surface area contributed by atoms with Crippen molar-refractivity contribution in [2.75, 3.05) is 20.1 Å². The predicted octanol–water partition coefficient (Wildman–Crippen LogP) is 3.28. The van der Waals surface area contributed by atoms with E-state index < -0.39 is 0 Å². The molecule has 4 heteroatoms. The summed E-state index contributed by atoms with van der Waals surface area (Å²) < 4.78 is 1.13. The second-order valence-corrected chi connectivity index (χ2v) is 7.30. The van der Waals surface area contributed by atoms with E-state index in [1.807, 2.05) is 11.9 Å². The minimum atomic E-state index is 0.329. The largest absolute Gasteiger partial charge is 0.341 e. The average Bonchev–Trinajstić information content (AvgIpc) is 3.31. The Morgan fingerprint density at radius 3 is 2.90 bits per heavy atom. The van der Waals surface area contributed by atoms with Crippen LogP contribution in [-0.4, -0.2) is 41.9 Å². The van der Waals surface area contributed by atoms with Crippen molar-refractivity contribution in [3.63, 3.8) is 0 Å². The van der Waals surface area contributed by atoms with Crippen molar-refractivity contribution in [1.29, 1.82) is 0 Å². The fraction of sp³-hybridized carbons (Fsp3) is 0.588. The molecule has 1 aliphatic heterocycles. The van der Waals surface area contributed by atoms with Crippen molar-refractivity contribution in [1.82, 2.24) is 9.80 Å². The summed E-state index contributed by atoms with van der Waals surface area (Å²) in [7, 11) is 1.99. The number of hydrogen-bond donors (Lipinski definition) is 0. The van der Waals surface area contributed by atoms with Gasteiger partial charge in [-0.05, 0) is 49.9 Å². The zero-order valence-corrected chi connectivity index (χ0v) is 14.2. The second kappa shape index (κ2) is 6.49. The van der Waals surface area contributed by atoms with Gasteiger partial charge in [-0.2, -0.15) is 0 Å². The Labute approximate surface area is 135 Å². The Morgan fingerprint density at radius 2 is 2.19 bits per heavy atom. The minimum Gasteiger partial charge on any atom is -0.341 e. The zero-order valence-electron chi connectivity index (χ0n) is 12.6. The maximum atomic E-state index is 12.2. The molecule has 0 aromatic heterocycles. The summed E-state index contributed by atoms with van der Waals surface area (Å²) in [6.07, 6.45) is 4.51. The summed E-state index contributed by atoms with van der Waals surface area (Å²) in [6, 6.07) is 8.89. The normalized spacial score (nSPS) is 23.0. The Bertz CT molecular complexity index is 515. The molecule has 1 unspecified atom stereocenters. The number of carbonyl (C=O) groups excluding carboxylic acids is 1. The monoisotopic (exact) mass is 350 g/mol. The molecule has 0 radical (unpaired) electrons. The zero-order chi connectivity index (χ0) is 14.8. The molecule has 1 heterocycles. The van der Waals surface area contributed by atoms with Crippen molar-refractivity contribution in [3.05, 3.63) is 34.3 Å². The van der Waals surface area contributed by atoms with Crippen LogP contribution in [0, 0.1) is 5.92 Å². The summed E-state index contributed by atoms with van der Waals surface area (Å²) in [5.74, 6) is 0.694. The molecule has 1 aliphatic carbocycles. The van der Waals surface area contributed by atoms with Crippen molar-refractivity contribution in [2.45, 2.75) is 38.3 Å². The van der Waals surface area contributed by atoms with Gasteiger partial charge in [-0.25, -0.2) is 0 Å². The lowest BCUT2D eigenvalue weighted by Gasteiger charge is -2.37. The number of carbonyl (C=O) groups is 1. The quantitative estimate of drug-likeness (QED) is 0.831. The van der Waals surface area contributed by atoms with E-state index in [4.69, 9.17) is 0 Å². The highest BCUT2D eigenvalue weighted by atomic mass is 79.9. The van der Waals surface area contributed by atoms with Crippen LogP contribution in [0.5, 0.6) is 0 Å². The highest BCUT2D eigenvalue weighted by Crippen LogP contribution is 2.32. The summed E-state index contributed by atoms with van der Waals surface area (Å²) in [6.45, 7) is 3.11. The Kier molecular flexibility index (Phi) is 4.65. The molecule has 114 valence electrons. The van der Waals surface area contributed by atoms with Crippen molar-refractivity contribution in [3.8, 4) is 0 Å². The number of likely N-dealkylation sites (tertiary alicyclic amines) is 1. The Hall–Kier alpha value is -0.870. The standard InChI is InChI=1S/C17H23BrN2O/c1-19(17(21)14-7-8-14)16-6-3-9-20(12-16)11-13-4-2-5-15(18)10-13/h2,4-5,10,14,16H,3,6-9,11-12H2,1H3. The highest BCUT2D eigenvalue weighted by molar-refractivity contribution is 9.10. The van der Waals surface area contributed by atoms with Crippen molar-refractivity contribution >= 4 is 21.8 Å². The van der Waals surface area contributed by atoms with Gasteiger partial charge in [0.25, 0.3) is 0 Å². The van der Waals surface area contributed by atoms with Gasteiger partial charge in [0.05, 0.1) is 0 Å². The maximum Gasteiger partial charge on any atom is 0.225 e. The van der Waals surface area contributed by atoms with Crippen LogP contribution in [0.1, 0.15) is 31.2 Å². The molecule has 1 aromatic carbocycles. The van der Waals surface area contributed by atoms with Gasteiger partial charge in [0, 0.05) is 36.6 Å². The molecule has 0 N–H and O–H groups in total. The molecule has 2 aliphatic rings. The van der Waals surface area contributed by atoms with Gasteiger partial charge in [0.2, 0.25) is 5.91 Å². The van der Waals surface area contributed by atoms with E-state index in [1.165, 1.54) is 12.0 Å². The topological polar surface area (TPSA) is 23.6 Å². The fourth-order valence-electron chi connectivity index (χ4n) is 3.18. The Balaban J connectivity index is 1.58. The van der Waals surface area contributed by atoms with E-state index in [1.54, 1.807) is 0 Å². The molecule has 3 nitrogen and oxygen atoms in total.